The van der Waals surface area contributed by atoms with Gasteiger partial charge in [0.1, 0.15) is 5.76 Å². The molecule has 0 atom stereocenters. The van der Waals surface area contributed by atoms with Crippen LogP contribution in [-0.4, -0.2) is 16.2 Å². The van der Waals surface area contributed by atoms with Gasteiger partial charge in [0.2, 0.25) is 5.82 Å². The van der Waals surface area contributed by atoms with Gasteiger partial charge in [0.25, 0.3) is 0 Å². The highest BCUT2D eigenvalue weighted by Crippen LogP contribution is 2.26. The van der Waals surface area contributed by atoms with Gasteiger partial charge in [-0.25, -0.2) is 0 Å². The molecule has 2 aromatic rings. The van der Waals surface area contributed by atoms with Crippen LogP contribution >= 0.6 is 0 Å². The summed E-state index contributed by atoms with van der Waals surface area (Å²) < 4.78 is 10.3. The van der Waals surface area contributed by atoms with Crippen LogP contribution in [0.4, 0.5) is 6.01 Å². The molecule has 78 valence electrons. The normalized spacial score (nSPS) is 15.5. The molecule has 5 heteroatoms. The molecule has 0 spiro atoms. The Balaban J connectivity index is 1.86. The monoisotopic (exact) mass is 205 g/mol. The Kier molecular flexibility index (Phi) is 1.77. The molecule has 1 N–H and O–H groups in total. The van der Waals surface area contributed by atoms with Gasteiger partial charge >= 0.3 is 6.01 Å². The van der Waals surface area contributed by atoms with Crippen LogP contribution in [-0.2, 0) is 0 Å². The number of hydrogen-bond donors (Lipinski definition) is 1. The van der Waals surface area contributed by atoms with E-state index in [9.17, 15) is 0 Å². The zero-order valence-electron chi connectivity index (χ0n) is 8.36. The zero-order valence-corrected chi connectivity index (χ0v) is 8.36. The van der Waals surface area contributed by atoms with Crippen molar-refractivity contribution in [3.8, 4) is 11.4 Å². The summed E-state index contributed by atoms with van der Waals surface area (Å²) in [5.74, 6) is 1.37. The van der Waals surface area contributed by atoms with Crippen molar-refractivity contribution < 1.29 is 8.94 Å². The van der Waals surface area contributed by atoms with Crippen molar-refractivity contribution in [1.82, 2.24) is 10.1 Å². The van der Waals surface area contributed by atoms with E-state index in [0.717, 1.165) is 11.3 Å². The molecule has 2 heterocycles. The van der Waals surface area contributed by atoms with Crippen LogP contribution in [0.2, 0.25) is 0 Å². The molecule has 1 aliphatic carbocycles. The van der Waals surface area contributed by atoms with Gasteiger partial charge in [-0.2, -0.15) is 4.98 Å². The van der Waals surface area contributed by atoms with E-state index in [0.29, 0.717) is 17.9 Å². The van der Waals surface area contributed by atoms with Crippen molar-refractivity contribution in [1.29, 1.82) is 0 Å². The Labute approximate surface area is 86.5 Å². The van der Waals surface area contributed by atoms with E-state index in [4.69, 9.17) is 8.94 Å². The lowest BCUT2D eigenvalue weighted by atomic mass is 10.2. The summed E-state index contributed by atoms with van der Waals surface area (Å²) in [7, 11) is 0. The minimum Gasteiger partial charge on any atom is -0.469 e. The molecule has 0 aromatic carbocycles. The smallest absolute Gasteiger partial charge is 0.322 e. The second kappa shape index (κ2) is 3.12. The van der Waals surface area contributed by atoms with Crippen molar-refractivity contribution in [2.24, 2.45) is 0 Å². The predicted octanol–water partition coefficient (Wildman–Crippen LogP) is 2.21. The van der Waals surface area contributed by atoms with Crippen LogP contribution in [0, 0.1) is 6.92 Å². The van der Waals surface area contributed by atoms with E-state index in [-0.39, 0.29) is 0 Å². The summed E-state index contributed by atoms with van der Waals surface area (Å²) in [5.41, 5.74) is 0.877. The molecule has 1 saturated carbocycles. The zero-order chi connectivity index (χ0) is 10.3. The summed E-state index contributed by atoms with van der Waals surface area (Å²) in [6, 6.07) is 2.85. The highest BCUT2D eigenvalue weighted by Gasteiger charge is 2.23. The molecule has 2 aromatic heterocycles. The minimum absolute atomic E-state index is 0.494. The molecule has 0 unspecified atom stereocenters. The summed E-state index contributed by atoms with van der Waals surface area (Å²) >= 11 is 0. The molecule has 1 aliphatic rings. The van der Waals surface area contributed by atoms with Gasteiger partial charge in [0.05, 0.1) is 11.8 Å². The Morgan fingerprint density at radius 1 is 1.47 bits per heavy atom. The molecule has 0 saturated heterocycles. The summed E-state index contributed by atoms with van der Waals surface area (Å²) in [4.78, 5) is 4.24. The average Bonchev–Trinajstić information content (AvgIpc) is 2.74. The molecule has 5 nitrogen and oxygen atoms in total. The van der Waals surface area contributed by atoms with Gasteiger partial charge < -0.3 is 14.3 Å². The van der Waals surface area contributed by atoms with E-state index < -0.39 is 0 Å². The summed E-state index contributed by atoms with van der Waals surface area (Å²) in [6.45, 7) is 1.87. The van der Waals surface area contributed by atoms with Crippen LogP contribution in [0.5, 0.6) is 0 Å². The third-order valence-corrected chi connectivity index (χ3v) is 2.43. The maximum Gasteiger partial charge on any atom is 0.322 e. The van der Waals surface area contributed by atoms with Gasteiger partial charge in [-0.1, -0.05) is 5.16 Å². The van der Waals surface area contributed by atoms with Crippen molar-refractivity contribution in [3.05, 3.63) is 18.1 Å². The van der Waals surface area contributed by atoms with Crippen LogP contribution in [0.25, 0.3) is 11.4 Å². The number of hydrogen-bond acceptors (Lipinski definition) is 5. The maximum atomic E-state index is 5.18. The topological polar surface area (TPSA) is 64.1 Å². The lowest BCUT2D eigenvalue weighted by molar-refractivity contribution is 0.431. The fraction of sp³-hybridized carbons (Fsp3) is 0.400. The van der Waals surface area contributed by atoms with Crippen molar-refractivity contribution in [2.75, 3.05) is 5.32 Å². The molecule has 0 bridgehead atoms. The van der Waals surface area contributed by atoms with Crippen molar-refractivity contribution in [2.45, 2.75) is 25.8 Å². The average molecular weight is 205 g/mol. The van der Waals surface area contributed by atoms with Gasteiger partial charge in [-0.3, -0.25) is 0 Å². The largest absolute Gasteiger partial charge is 0.469 e. The van der Waals surface area contributed by atoms with Crippen LogP contribution in [0.1, 0.15) is 18.6 Å². The highest BCUT2D eigenvalue weighted by molar-refractivity contribution is 5.57. The lowest BCUT2D eigenvalue weighted by Gasteiger charge is -1.92. The van der Waals surface area contributed by atoms with E-state index in [2.05, 4.69) is 15.5 Å². The van der Waals surface area contributed by atoms with Gasteiger partial charge in [0.15, 0.2) is 0 Å². The molecular formula is C10H11N3O2. The quantitative estimate of drug-likeness (QED) is 0.832. The third-order valence-electron chi connectivity index (χ3n) is 2.43. The second-order valence-corrected chi connectivity index (χ2v) is 3.73. The van der Waals surface area contributed by atoms with Crippen molar-refractivity contribution in [3.63, 3.8) is 0 Å². The standard InChI is InChI=1S/C10H11N3O2/c1-6-8(4-5-14-6)9-12-10(15-13-9)11-7-2-3-7/h4-5,7H,2-3H2,1H3,(H,11,12,13). The van der Waals surface area contributed by atoms with Crippen LogP contribution in [0.3, 0.4) is 0 Å². The number of anilines is 1. The minimum atomic E-state index is 0.494. The molecule has 3 rings (SSSR count). The Hall–Kier alpha value is -1.78. The number of aromatic nitrogens is 2. The Bertz CT molecular complexity index is 470. The first kappa shape index (κ1) is 8.52. The fourth-order valence-corrected chi connectivity index (χ4v) is 1.41. The molecule has 0 radical (unpaired) electrons. The van der Waals surface area contributed by atoms with E-state index in [1.54, 1.807) is 6.26 Å². The SMILES string of the molecule is Cc1occc1-c1noc(NC2CC2)n1. The molecule has 15 heavy (non-hydrogen) atoms. The number of rotatable bonds is 3. The maximum absolute atomic E-state index is 5.18. The fourth-order valence-electron chi connectivity index (χ4n) is 1.41. The molecular weight excluding hydrogens is 194 g/mol. The second-order valence-electron chi connectivity index (χ2n) is 3.73. The van der Waals surface area contributed by atoms with E-state index in [1.807, 2.05) is 13.0 Å². The van der Waals surface area contributed by atoms with Crippen molar-refractivity contribution >= 4 is 6.01 Å². The van der Waals surface area contributed by atoms with E-state index in [1.165, 1.54) is 12.8 Å². The van der Waals surface area contributed by atoms with Gasteiger partial charge in [-0.05, 0) is 25.8 Å². The molecule has 1 fully saturated rings. The first-order valence-corrected chi connectivity index (χ1v) is 4.97. The summed E-state index contributed by atoms with van der Waals surface area (Å²) in [6.07, 6.45) is 3.99. The van der Waals surface area contributed by atoms with Crippen LogP contribution in [0.15, 0.2) is 21.3 Å². The summed E-state index contributed by atoms with van der Waals surface area (Å²) in [5, 5.41) is 7.04. The first-order valence-electron chi connectivity index (χ1n) is 4.97. The Morgan fingerprint density at radius 2 is 2.33 bits per heavy atom. The number of nitrogens with one attached hydrogen (secondary N) is 1. The molecule has 0 amide bonds. The Morgan fingerprint density at radius 3 is 3.00 bits per heavy atom. The lowest BCUT2D eigenvalue weighted by Crippen LogP contribution is -2.00. The number of aryl methyl sites for hydroxylation is 1. The predicted molar refractivity (Wildman–Crippen MR) is 53.4 cm³/mol. The highest BCUT2D eigenvalue weighted by atomic mass is 16.5. The first-order chi connectivity index (χ1) is 7.33. The third kappa shape index (κ3) is 1.60. The number of nitrogens with zero attached hydrogens (tertiary/aromatic N) is 2. The van der Waals surface area contributed by atoms with Gasteiger partial charge in [0, 0.05) is 6.04 Å². The van der Waals surface area contributed by atoms with Gasteiger partial charge in [-0.15, -0.1) is 0 Å². The molecule has 0 aliphatic heterocycles. The number of furan rings is 1. The van der Waals surface area contributed by atoms with E-state index >= 15 is 0 Å². The van der Waals surface area contributed by atoms with Crippen LogP contribution < -0.4 is 5.32 Å².